The highest BCUT2D eigenvalue weighted by atomic mass is 16.1. The van der Waals surface area contributed by atoms with Crippen molar-refractivity contribution < 1.29 is 4.79 Å². The van der Waals surface area contributed by atoms with Crippen molar-refractivity contribution in [1.29, 1.82) is 0 Å². The lowest BCUT2D eigenvalue weighted by atomic mass is 10.3. The Bertz CT molecular complexity index is 390. The molecule has 1 saturated carbocycles. The van der Waals surface area contributed by atoms with Crippen LogP contribution in [0.2, 0.25) is 0 Å². The molecule has 0 atom stereocenters. The van der Waals surface area contributed by atoms with Crippen molar-refractivity contribution in [2.75, 3.05) is 31.6 Å². The summed E-state index contributed by atoms with van der Waals surface area (Å²) >= 11 is 0. The third kappa shape index (κ3) is 5.30. The first-order valence-corrected chi connectivity index (χ1v) is 7.02. The van der Waals surface area contributed by atoms with Crippen molar-refractivity contribution in [3.63, 3.8) is 0 Å². The molecule has 1 aromatic carbocycles. The lowest BCUT2D eigenvalue weighted by Crippen LogP contribution is -2.36. The lowest BCUT2D eigenvalue weighted by molar-refractivity contribution is -0.120. The van der Waals surface area contributed by atoms with E-state index in [4.69, 9.17) is 0 Å². The molecule has 0 saturated heterocycles. The molecule has 19 heavy (non-hydrogen) atoms. The van der Waals surface area contributed by atoms with Gasteiger partial charge in [0, 0.05) is 31.9 Å². The van der Waals surface area contributed by atoms with Crippen LogP contribution in [-0.4, -0.2) is 38.6 Å². The average molecular weight is 261 g/mol. The van der Waals surface area contributed by atoms with Gasteiger partial charge in [-0.15, -0.1) is 0 Å². The van der Waals surface area contributed by atoms with Gasteiger partial charge in [0.1, 0.15) is 0 Å². The Hall–Kier alpha value is -1.55. The molecule has 0 heterocycles. The fraction of sp³-hybridized carbons (Fsp3) is 0.533. The Morgan fingerprint density at radius 2 is 2.05 bits per heavy atom. The monoisotopic (exact) mass is 261 g/mol. The predicted octanol–water partition coefficient (Wildman–Crippen LogP) is 1.38. The van der Waals surface area contributed by atoms with E-state index >= 15 is 0 Å². The number of nitrogens with one attached hydrogen (secondary N) is 2. The number of nitrogens with zero attached hydrogens (tertiary/aromatic N) is 1. The molecule has 4 nitrogen and oxygen atoms in total. The molecule has 104 valence electrons. The number of hydrogen-bond acceptors (Lipinski definition) is 3. The van der Waals surface area contributed by atoms with Gasteiger partial charge in [-0.1, -0.05) is 18.2 Å². The number of hydrogen-bond donors (Lipinski definition) is 2. The molecule has 1 aromatic rings. The topological polar surface area (TPSA) is 44.4 Å². The van der Waals surface area contributed by atoms with Gasteiger partial charge in [-0.05, 0) is 31.4 Å². The van der Waals surface area contributed by atoms with Crippen molar-refractivity contribution in [2.45, 2.75) is 25.3 Å². The van der Waals surface area contributed by atoms with Gasteiger partial charge in [-0.2, -0.15) is 0 Å². The standard InChI is InChI=1S/C15H23N3O/c1-18(14-6-3-2-4-7-14)11-5-10-16-15(19)12-17-13-8-9-13/h2-4,6-7,13,17H,5,8-12H2,1H3,(H,16,19). The molecule has 4 heteroatoms. The number of benzene rings is 1. The summed E-state index contributed by atoms with van der Waals surface area (Å²) in [6, 6.07) is 10.9. The molecular weight excluding hydrogens is 238 g/mol. The van der Waals surface area contributed by atoms with Crippen LogP contribution in [0.4, 0.5) is 5.69 Å². The normalized spacial score (nSPS) is 14.2. The maximum absolute atomic E-state index is 11.5. The highest BCUT2D eigenvalue weighted by molar-refractivity contribution is 5.78. The quantitative estimate of drug-likeness (QED) is 0.695. The number of carbonyl (C=O) groups is 1. The molecule has 1 fully saturated rings. The van der Waals surface area contributed by atoms with Crippen molar-refractivity contribution >= 4 is 11.6 Å². The van der Waals surface area contributed by atoms with E-state index in [1.807, 2.05) is 18.2 Å². The summed E-state index contributed by atoms with van der Waals surface area (Å²) in [6.45, 7) is 2.14. The SMILES string of the molecule is CN(CCCNC(=O)CNC1CC1)c1ccccc1. The van der Waals surface area contributed by atoms with Crippen LogP contribution < -0.4 is 15.5 Å². The zero-order chi connectivity index (χ0) is 13.5. The zero-order valence-electron chi connectivity index (χ0n) is 11.6. The Labute approximate surface area is 115 Å². The van der Waals surface area contributed by atoms with Gasteiger partial charge in [0.05, 0.1) is 6.54 Å². The van der Waals surface area contributed by atoms with E-state index in [0.29, 0.717) is 12.6 Å². The first-order chi connectivity index (χ1) is 9.25. The first kappa shape index (κ1) is 13.9. The first-order valence-electron chi connectivity index (χ1n) is 7.02. The van der Waals surface area contributed by atoms with Gasteiger partial charge < -0.3 is 15.5 Å². The van der Waals surface area contributed by atoms with Crippen LogP contribution in [0.5, 0.6) is 0 Å². The van der Waals surface area contributed by atoms with Crippen LogP contribution in [0.1, 0.15) is 19.3 Å². The highest BCUT2D eigenvalue weighted by Gasteiger charge is 2.20. The molecule has 0 bridgehead atoms. The molecule has 0 aromatic heterocycles. The molecule has 0 unspecified atom stereocenters. The maximum atomic E-state index is 11.5. The molecule has 0 radical (unpaired) electrons. The number of para-hydroxylation sites is 1. The second-order valence-electron chi connectivity index (χ2n) is 5.12. The van der Waals surface area contributed by atoms with Crippen molar-refractivity contribution in [1.82, 2.24) is 10.6 Å². The Morgan fingerprint density at radius 1 is 1.32 bits per heavy atom. The second-order valence-corrected chi connectivity index (χ2v) is 5.12. The molecule has 0 spiro atoms. The van der Waals surface area contributed by atoms with E-state index in [2.05, 4.69) is 34.7 Å². The van der Waals surface area contributed by atoms with Crippen LogP contribution in [0.15, 0.2) is 30.3 Å². The van der Waals surface area contributed by atoms with Crippen molar-refractivity contribution in [2.24, 2.45) is 0 Å². The summed E-state index contributed by atoms with van der Waals surface area (Å²) in [4.78, 5) is 13.7. The fourth-order valence-electron chi connectivity index (χ4n) is 1.94. The van der Waals surface area contributed by atoms with Gasteiger partial charge in [0.15, 0.2) is 0 Å². The highest BCUT2D eigenvalue weighted by Crippen LogP contribution is 2.17. The smallest absolute Gasteiger partial charge is 0.233 e. The molecular formula is C15H23N3O. The summed E-state index contributed by atoms with van der Waals surface area (Å²) in [7, 11) is 2.08. The minimum atomic E-state index is 0.106. The Morgan fingerprint density at radius 3 is 2.74 bits per heavy atom. The maximum Gasteiger partial charge on any atom is 0.233 e. The number of rotatable bonds is 8. The van der Waals surface area contributed by atoms with Crippen LogP contribution in [-0.2, 0) is 4.79 Å². The summed E-state index contributed by atoms with van der Waals surface area (Å²) in [5, 5.41) is 6.15. The summed E-state index contributed by atoms with van der Waals surface area (Å²) in [6.07, 6.45) is 3.39. The van der Waals surface area contributed by atoms with Crippen molar-refractivity contribution in [3.8, 4) is 0 Å². The minimum Gasteiger partial charge on any atom is -0.375 e. The fourth-order valence-corrected chi connectivity index (χ4v) is 1.94. The van der Waals surface area contributed by atoms with Crippen LogP contribution >= 0.6 is 0 Å². The van der Waals surface area contributed by atoms with E-state index in [9.17, 15) is 4.79 Å². The second kappa shape index (κ2) is 7.14. The Balaban J connectivity index is 1.54. The lowest BCUT2D eigenvalue weighted by Gasteiger charge is -2.19. The van der Waals surface area contributed by atoms with E-state index in [1.165, 1.54) is 18.5 Å². The minimum absolute atomic E-state index is 0.106. The van der Waals surface area contributed by atoms with Crippen LogP contribution in [0.25, 0.3) is 0 Å². The molecule has 0 aliphatic heterocycles. The summed E-state index contributed by atoms with van der Waals surface area (Å²) in [5.74, 6) is 0.106. The number of amides is 1. The third-order valence-electron chi connectivity index (χ3n) is 3.32. The van der Waals surface area contributed by atoms with Gasteiger partial charge in [-0.25, -0.2) is 0 Å². The van der Waals surface area contributed by atoms with Gasteiger partial charge in [0.2, 0.25) is 5.91 Å². The van der Waals surface area contributed by atoms with Crippen LogP contribution in [0.3, 0.4) is 0 Å². The molecule has 1 amide bonds. The van der Waals surface area contributed by atoms with E-state index in [-0.39, 0.29) is 5.91 Å². The van der Waals surface area contributed by atoms with E-state index < -0.39 is 0 Å². The van der Waals surface area contributed by atoms with Gasteiger partial charge >= 0.3 is 0 Å². The van der Waals surface area contributed by atoms with Gasteiger partial charge in [-0.3, -0.25) is 4.79 Å². The summed E-state index contributed by atoms with van der Waals surface area (Å²) < 4.78 is 0. The third-order valence-corrected chi connectivity index (χ3v) is 3.32. The number of carbonyl (C=O) groups excluding carboxylic acids is 1. The van der Waals surface area contributed by atoms with E-state index in [0.717, 1.165) is 19.5 Å². The summed E-state index contributed by atoms with van der Waals surface area (Å²) in [5.41, 5.74) is 1.21. The average Bonchev–Trinajstić information content (AvgIpc) is 3.26. The number of anilines is 1. The van der Waals surface area contributed by atoms with Crippen LogP contribution in [0, 0.1) is 0 Å². The Kier molecular flexibility index (Phi) is 5.21. The predicted molar refractivity (Wildman–Crippen MR) is 78.4 cm³/mol. The van der Waals surface area contributed by atoms with Gasteiger partial charge in [0.25, 0.3) is 0 Å². The molecule has 1 aliphatic carbocycles. The molecule has 1 aliphatic rings. The van der Waals surface area contributed by atoms with E-state index in [1.54, 1.807) is 0 Å². The molecule has 2 rings (SSSR count). The largest absolute Gasteiger partial charge is 0.375 e. The van der Waals surface area contributed by atoms with Crippen molar-refractivity contribution in [3.05, 3.63) is 30.3 Å². The molecule has 2 N–H and O–H groups in total. The zero-order valence-corrected chi connectivity index (χ0v) is 11.6.